The number of carbonyl (C=O) groups excluding carboxylic acids is 1. The molecule has 0 fully saturated rings. The van der Waals surface area contributed by atoms with Gasteiger partial charge in [-0.3, -0.25) is 0 Å². The summed E-state index contributed by atoms with van der Waals surface area (Å²) in [5.74, 6) is 0. The summed E-state index contributed by atoms with van der Waals surface area (Å²) in [5.41, 5.74) is 4.11. The molecule has 0 radical (unpaired) electrons. The van der Waals surface area contributed by atoms with E-state index >= 15 is 0 Å². The molecule has 0 bridgehead atoms. The summed E-state index contributed by atoms with van der Waals surface area (Å²) in [7, 11) is 0. The van der Waals surface area contributed by atoms with E-state index in [1.54, 1.807) is 0 Å². The van der Waals surface area contributed by atoms with E-state index in [0.717, 1.165) is 22.4 Å². The summed E-state index contributed by atoms with van der Waals surface area (Å²) in [6.07, 6.45) is 0. The van der Waals surface area contributed by atoms with Crippen molar-refractivity contribution in [1.82, 2.24) is 4.90 Å². The molecule has 3 heteroatoms. The summed E-state index contributed by atoms with van der Waals surface area (Å²) in [4.78, 5) is 15.0. The predicted octanol–water partition coefficient (Wildman–Crippen LogP) is 5.79. The maximum Gasteiger partial charge on any atom is 0.322 e. The van der Waals surface area contributed by atoms with Gasteiger partial charge >= 0.3 is 6.03 Å². The zero-order valence-corrected chi connectivity index (χ0v) is 15.2. The fourth-order valence-corrected chi connectivity index (χ4v) is 2.98. The zero-order valence-electron chi connectivity index (χ0n) is 15.2. The van der Waals surface area contributed by atoms with E-state index in [1.807, 2.05) is 84.6 Å². The first-order valence-corrected chi connectivity index (χ1v) is 8.87. The van der Waals surface area contributed by atoms with Crippen LogP contribution >= 0.6 is 0 Å². The molecular formula is C23H24N2O. The van der Waals surface area contributed by atoms with E-state index in [0.29, 0.717) is 6.54 Å². The lowest BCUT2D eigenvalue weighted by Gasteiger charge is -2.30. The van der Waals surface area contributed by atoms with Crippen LogP contribution in [0.1, 0.15) is 29.7 Å². The number of benzene rings is 3. The Balaban J connectivity index is 1.86. The zero-order chi connectivity index (χ0) is 18.4. The number of para-hydroxylation sites is 1. The summed E-state index contributed by atoms with van der Waals surface area (Å²) >= 11 is 0. The van der Waals surface area contributed by atoms with Crippen LogP contribution in [0.3, 0.4) is 0 Å². The van der Waals surface area contributed by atoms with Crippen molar-refractivity contribution in [2.75, 3.05) is 5.32 Å². The second-order valence-electron chi connectivity index (χ2n) is 6.45. The van der Waals surface area contributed by atoms with E-state index in [-0.39, 0.29) is 12.1 Å². The fourth-order valence-electron chi connectivity index (χ4n) is 2.98. The first-order chi connectivity index (χ1) is 12.6. The van der Waals surface area contributed by atoms with Crippen LogP contribution in [0.25, 0.3) is 0 Å². The lowest BCUT2D eigenvalue weighted by Crippen LogP contribution is -2.36. The highest BCUT2D eigenvalue weighted by Gasteiger charge is 2.22. The van der Waals surface area contributed by atoms with Crippen molar-refractivity contribution in [2.45, 2.75) is 26.4 Å². The van der Waals surface area contributed by atoms with Gasteiger partial charge in [-0.1, -0.05) is 78.9 Å². The van der Waals surface area contributed by atoms with Gasteiger partial charge in [-0.05, 0) is 36.6 Å². The minimum absolute atomic E-state index is 0.0413. The molecule has 132 valence electrons. The normalized spacial score (nSPS) is 11.6. The first kappa shape index (κ1) is 17.7. The Morgan fingerprint density at radius 2 is 1.46 bits per heavy atom. The predicted molar refractivity (Wildman–Crippen MR) is 107 cm³/mol. The molecule has 0 aromatic heterocycles. The standard InChI is InChI=1S/C23H24N2O/c1-18-11-9-10-16-22(18)24-23(26)25(17-20-12-5-3-6-13-20)19(2)21-14-7-4-8-15-21/h3-16,19H,17H2,1-2H3,(H,24,26)/t19-/m0/s1. The van der Waals surface area contributed by atoms with Crippen LogP contribution in [-0.2, 0) is 6.54 Å². The van der Waals surface area contributed by atoms with Gasteiger partial charge in [0.05, 0.1) is 6.04 Å². The van der Waals surface area contributed by atoms with Crippen molar-refractivity contribution < 1.29 is 4.79 Å². The smallest absolute Gasteiger partial charge is 0.313 e. The van der Waals surface area contributed by atoms with Crippen molar-refractivity contribution in [3.05, 3.63) is 102 Å². The molecule has 26 heavy (non-hydrogen) atoms. The third-order valence-corrected chi connectivity index (χ3v) is 4.59. The molecule has 1 atom stereocenters. The molecule has 0 saturated heterocycles. The van der Waals surface area contributed by atoms with E-state index in [9.17, 15) is 4.79 Å². The summed E-state index contributed by atoms with van der Waals surface area (Å²) in [6, 6.07) is 27.9. The third-order valence-electron chi connectivity index (χ3n) is 4.59. The van der Waals surface area contributed by atoms with Crippen molar-refractivity contribution in [3.8, 4) is 0 Å². The molecule has 2 amide bonds. The molecule has 3 aromatic carbocycles. The molecule has 0 aliphatic rings. The fraction of sp³-hybridized carbons (Fsp3) is 0.174. The highest BCUT2D eigenvalue weighted by Crippen LogP contribution is 2.24. The van der Waals surface area contributed by atoms with Gasteiger partial charge in [0.2, 0.25) is 0 Å². The van der Waals surface area contributed by atoms with Gasteiger partial charge in [0.15, 0.2) is 0 Å². The Labute approximate surface area is 155 Å². The van der Waals surface area contributed by atoms with Gasteiger partial charge in [0, 0.05) is 12.2 Å². The number of amides is 2. The van der Waals surface area contributed by atoms with Crippen LogP contribution in [0.15, 0.2) is 84.9 Å². The molecule has 0 spiro atoms. The van der Waals surface area contributed by atoms with Crippen molar-refractivity contribution in [2.24, 2.45) is 0 Å². The number of anilines is 1. The Morgan fingerprint density at radius 3 is 2.12 bits per heavy atom. The number of nitrogens with zero attached hydrogens (tertiary/aromatic N) is 1. The Hall–Kier alpha value is -3.07. The topological polar surface area (TPSA) is 32.3 Å². The second kappa shape index (κ2) is 8.34. The minimum atomic E-state index is -0.0977. The molecule has 0 aliphatic heterocycles. The van der Waals surface area contributed by atoms with Gasteiger partial charge in [-0.25, -0.2) is 4.79 Å². The van der Waals surface area contributed by atoms with Crippen molar-refractivity contribution >= 4 is 11.7 Å². The number of carbonyl (C=O) groups is 1. The van der Waals surface area contributed by atoms with Gasteiger partial charge in [0.1, 0.15) is 0 Å². The third kappa shape index (κ3) is 4.31. The number of nitrogens with one attached hydrogen (secondary N) is 1. The van der Waals surface area contributed by atoms with Crippen molar-refractivity contribution in [1.29, 1.82) is 0 Å². The molecule has 0 aliphatic carbocycles. The molecule has 1 N–H and O–H groups in total. The summed E-state index contributed by atoms with van der Waals surface area (Å²) < 4.78 is 0. The van der Waals surface area contributed by atoms with E-state index in [1.165, 1.54) is 0 Å². The molecule has 3 aromatic rings. The number of aryl methyl sites for hydroxylation is 1. The molecular weight excluding hydrogens is 320 g/mol. The number of hydrogen-bond acceptors (Lipinski definition) is 1. The Bertz CT molecular complexity index is 846. The molecule has 3 nitrogen and oxygen atoms in total. The summed E-state index contributed by atoms with van der Waals surface area (Å²) in [5, 5.41) is 3.07. The quantitative estimate of drug-likeness (QED) is 0.624. The van der Waals surface area contributed by atoms with Crippen LogP contribution in [0, 0.1) is 6.92 Å². The first-order valence-electron chi connectivity index (χ1n) is 8.87. The maximum absolute atomic E-state index is 13.1. The van der Waals surface area contributed by atoms with Crippen LogP contribution in [-0.4, -0.2) is 10.9 Å². The highest BCUT2D eigenvalue weighted by molar-refractivity contribution is 5.90. The van der Waals surface area contributed by atoms with Crippen LogP contribution < -0.4 is 5.32 Å². The largest absolute Gasteiger partial charge is 0.322 e. The number of hydrogen-bond donors (Lipinski definition) is 1. The highest BCUT2D eigenvalue weighted by atomic mass is 16.2. The number of rotatable bonds is 5. The molecule has 3 rings (SSSR count). The minimum Gasteiger partial charge on any atom is -0.313 e. The molecule has 0 heterocycles. The van der Waals surface area contributed by atoms with E-state index < -0.39 is 0 Å². The number of urea groups is 1. The molecule has 0 unspecified atom stereocenters. The monoisotopic (exact) mass is 344 g/mol. The van der Waals surface area contributed by atoms with Crippen LogP contribution in [0.5, 0.6) is 0 Å². The van der Waals surface area contributed by atoms with Crippen LogP contribution in [0.4, 0.5) is 10.5 Å². The maximum atomic E-state index is 13.1. The SMILES string of the molecule is Cc1ccccc1NC(=O)N(Cc1ccccc1)[C@@H](C)c1ccccc1. The Kier molecular flexibility index (Phi) is 5.69. The lowest BCUT2D eigenvalue weighted by atomic mass is 10.1. The Morgan fingerprint density at radius 1 is 0.885 bits per heavy atom. The van der Waals surface area contributed by atoms with Crippen molar-refractivity contribution in [3.63, 3.8) is 0 Å². The molecule has 0 saturated carbocycles. The van der Waals surface area contributed by atoms with Crippen LogP contribution in [0.2, 0.25) is 0 Å². The van der Waals surface area contributed by atoms with Gasteiger partial charge in [0.25, 0.3) is 0 Å². The lowest BCUT2D eigenvalue weighted by molar-refractivity contribution is 0.189. The van der Waals surface area contributed by atoms with Gasteiger partial charge in [-0.2, -0.15) is 0 Å². The van der Waals surface area contributed by atoms with E-state index in [2.05, 4.69) is 24.4 Å². The average molecular weight is 344 g/mol. The summed E-state index contributed by atoms with van der Waals surface area (Å²) in [6.45, 7) is 4.61. The average Bonchev–Trinajstić information content (AvgIpc) is 2.69. The van der Waals surface area contributed by atoms with Gasteiger partial charge < -0.3 is 10.2 Å². The second-order valence-corrected chi connectivity index (χ2v) is 6.45. The van der Waals surface area contributed by atoms with E-state index in [4.69, 9.17) is 0 Å². The van der Waals surface area contributed by atoms with Gasteiger partial charge in [-0.15, -0.1) is 0 Å².